The second-order valence-electron chi connectivity index (χ2n) is 8.49. The van der Waals surface area contributed by atoms with E-state index in [0.29, 0.717) is 12.6 Å². The Hall–Kier alpha value is -2.93. The van der Waals surface area contributed by atoms with E-state index in [0.717, 1.165) is 61.1 Å². The van der Waals surface area contributed by atoms with E-state index in [2.05, 4.69) is 27.4 Å². The molecule has 2 aromatic carbocycles. The molecule has 1 N–H and O–H groups in total. The van der Waals surface area contributed by atoms with E-state index in [1.165, 1.54) is 4.68 Å². The number of carbonyl (C=O) groups is 1. The molecule has 7 nitrogen and oxygen atoms in total. The van der Waals surface area contributed by atoms with Gasteiger partial charge in [-0.15, -0.1) is 0 Å². The fourth-order valence-electron chi connectivity index (χ4n) is 4.53. The van der Waals surface area contributed by atoms with Gasteiger partial charge in [-0.25, -0.2) is 9.48 Å². The van der Waals surface area contributed by atoms with Gasteiger partial charge in [-0.2, -0.15) is 5.10 Å². The Balaban J connectivity index is 1.21. The number of amides is 1. The first-order chi connectivity index (χ1) is 14.6. The molecule has 2 fully saturated rings. The first-order valence-corrected chi connectivity index (χ1v) is 10.8. The van der Waals surface area contributed by atoms with Gasteiger partial charge in [0.1, 0.15) is 5.82 Å². The zero-order valence-corrected chi connectivity index (χ0v) is 17.3. The highest BCUT2D eigenvalue weighted by atomic mass is 16.2. The van der Waals surface area contributed by atoms with Crippen LogP contribution >= 0.6 is 0 Å². The SMILES string of the molecule is Cn1nc(C2CCN(CC(=O)Nc3cccc4ccccc34)CC2)n(C2CC2)c1=O. The number of aryl methyl sites for hydroxylation is 1. The molecule has 1 saturated heterocycles. The minimum atomic E-state index is 0.00407. The molecule has 1 saturated carbocycles. The molecule has 1 amide bonds. The predicted octanol–water partition coefficient (Wildman–Crippen LogP) is 2.89. The number of rotatable bonds is 5. The van der Waals surface area contributed by atoms with Crippen molar-refractivity contribution in [2.45, 2.75) is 37.6 Å². The summed E-state index contributed by atoms with van der Waals surface area (Å²) in [5.74, 6) is 1.24. The molecule has 0 spiro atoms. The van der Waals surface area contributed by atoms with Crippen molar-refractivity contribution >= 4 is 22.4 Å². The smallest absolute Gasteiger partial charge is 0.324 e. The minimum absolute atomic E-state index is 0.00407. The van der Waals surface area contributed by atoms with Crippen LogP contribution in [0.1, 0.15) is 43.5 Å². The molecule has 3 aromatic rings. The van der Waals surface area contributed by atoms with E-state index < -0.39 is 0 Å². The monoisotopic (exact) mass is 405 g/mol. The molecule has 1 aromatic heterocycles. The number of piperidine rings is 1. The van der Waals surface area contributed by atoms with Crippen molar-refractivity contribution in [1.82, 2.24) is 19.2 Å². The number of benzene rings is 2. The molecule has 1 aliphatic carbocycles. The first-order valence-electron chi connectivity index (χ1n) is 10.8. The van der Waals surface area contributed by atoms with Crippen molar-refractivity contribution in [3.63, 3.8) is 0 Å². The first kappa shape index (κ1) is 19.1. The van der Waals surface area contributed by atoms with Crippen molar-refractivity contribution in [3.05, 3.63) is 58.8 Å². The highest BCUT2D eigenvalue weighted by Gasteiger charge is 2.33. The Morgan fingerprint density at radius 3 is 2.57 bits per heavy atom. The number of aromatic nitrogens is 3. The topological polar surface area (TPSA) is 72.2 Å². The normalized spacial score (nSPS) is 18.0. The molecule has 0 bridgehead atoms. The summed E-state index contributed by atoms with van der Waals surface area (Å²) >= 11 is 0. The molecule has 5 rings (SSSR count). The number of anilines is 1. The van der Waals surface area contributed by atoms with Crippen LogP contribution in [-0.4, -0.2) is 44.8 Å². The zero-order chi connectivity index (χ0) is 20.7. The summed E-state index contributed by atoms with van der Waals surface area (Å²) in [7, 11) is 1.73. The van der Waals surface area contributed by atoms with E-state index in [4.69, 9.17) is 0 Å². The molecular formula is C23H27N5O2. The van der Waals surface area contributed by atoms with Crippen molar-refractivity contribution in [3.8, 4) is 0 Å². The van der Waals surface area contributed by atoms with Crippen molar-refractivity contribution < 1.29 is 4.79 Å². The summed E-state index contributed by atoms with van der Waals surface area (Å²) in [4.78, 5) is 27.2. The van der Waals surface area contributed by atoms with Gasteiger partial charge in [0.2, 0.25) is 5.91 Å². The molecule has 156 valence electrons. The van der Waals surface area contributed by atoms with Crippen LogP contribution in [0.2, 0.25) is 0 Å². The van der Waals surface area contributed by atoms with Crippen LogP contribution in [-0.2, 0) is 11.8 Å². The number of carbonyl (C=O) groups excluding carboxylic acids is 1. The largest absolute Gasteiger partial charge is 0.345 e. The third-order valence-corrected chi connectivity index (χ3v) is 6.28. The van der Waals surface area contributed by atoms with E-state index >= 15 is 0 Å². The molecule has 7 heteroatoms. The van der Waals surface area contributed by atoms with E-state index in [-0.39, 0.29) is 17.5 Å². The lowest BCUT2D eigenvalue weighted by atomic mass is 9.96. The Morgan fingerprint density at radius 1 is 1.07 bits per heavy atom. The summed E-state index contributed by atoms with van der Waals surface area (Å²) in [5, 5.41) is 9.79. The highest BCUT2D eigenvalue weighted by Crippen LogP contribution is 2.37. The second kappa shape index (κ2) is 7.72. The maximum absolute atomic E-state index is 12.7. The van der Waals surface area contributed by atoms with Gasteiger partial charge in [-0.05, 0) is 50.2 Å². The Labute approximate surface area is 175 Å². The van der Waals surface area contributed by atoms with Crippen LogP contribution in [0.4, 0.5) is 5.69 Å². The molecule has 1 aliphatic heterocycles. The Kier molecular flexibility index (Phi) is 4.90. The number of nitrogens with one attached hydrogen (secondary N) is 1. The van der Waals surface area contributed by atoms with Crippen LogP contribution in [0.15, 0.2) is 47.3 Å². The van der Waals surface area contributed by atoms with Crippen LogP contribution in [0.3, 0.4) is 0 Å². The lowest BCUT2D eigenvalue weighted by Crippen LogP contribution is -2.39. The molecular weight excluding hydrogens is 378 g/mol. The summed E-state index contributed by atoms with van der Waals surface area (Å²) in [6, 6.07) is 14.4. The maximum Gasteiger partial charge on any atom is 0.345 e. The third-order valence-electron chi connectivity index (χ3n) is 6.28. The number of nitrogens with zero attached hydrogens (tertiary/aromatic N) is 4. The van der Waals surface area contributed by atoms with Gasteiger partial charge in [0.25, 0.3) is 0 Å². The molecule has 0 radical (unpaired) electrons. The van der Waals surface area contributed by atoms with E-state index in [1.54, 1.807) is 7.05 Å². The van der Waals surface area contributed by atoms with Crippen LogP contribution in [0, 0.1) is 0 Å². The van der Waals surface area contributed by atoms with Crippen molar-refractivity contribution in [2.24, 2.45) is 7.05 Å². The average Bonchev–Trinajstić information content (AvgIpc) is 3.54. The lowest BCUT2D eigenvalue weighted by molar-refractivity contribution is -0.117. The standard InChI is InChI=1S/C23H27N5O2/c1-26-23(30)28(18-9-10-18)22(25-26)17-11-13-27(14-12-17)15-21(29)24-20-8-4-6-16-5-2-3-7-19(16)20/h2-8,17-18H,9-15H2,1H3,(H,24,29). The zero-order valence-electron chi connectivity index (χ0n) is 17.3. The fourth-order valence-corrected chi connectivity index (χ4v) is 4.53. The predicted molar refractivity (Wildman–Crippen MR) is 117 cm³/mol. The van der Waals surface area contributed by atoms with E-state index in [1.807, 2.05) is 34.9 Å². The summed E-state index contributed by atoms with van der Waals surface area (Å²) in [6.45, 7) is 2.06. The van der Waals surface area contributed by atoms with Gasteiger partial charge in [0.15, 0.2) is 0 Å². The highest BCUT2D eigenvalue weighted by molar-refractivity contribution is 6.02. The van der Waals surface area contributed by atoms with Crippen LogP contribution in [0.25, 0.3) is 10.8 Å². The van der Waals surface area contributed by atoms with Crippen molar-refractivity contribution in [2.75, 3.05) is 25.0 Å². The van der Waals surface area contributed by atoms with E-state index in [9.17, 15) is 9.59 Å². The van der Waals surface area contributed by atoms with Gasteiger partial charge in [0, 0.05) is 30.1 Å². The third kappa shape index (κ3) is 3.65. The second-order valence-corrected chi connectivity index (χ2v) is 8.49. The summed E-state index contributed by atoms with van der Waals surface area (Å²) in [6.07, 6.45) is 3.99. The Bertz CT molecular complexity index is 1130. The molecule has 30 heavy (non-hydrogen) atoms. The van der Waals surface area contributed by atoms with Crippen LogP contribution < -0.4 is 11.0 Å². The van der Waals surface area contributed by atoms with Gasteiger partial charge < -0.3 is 5.32 Å². The summed E-state index contributed by atoms with van der Waals surface area (Å²) < 4.78 is 3.38. The maximum atomic E-state index is 12.7. The van der Waals surface area contributed by atoms with Crippen LogP contribution in [0.5, 0.6) is 0 Å². The molecule has 0 atom stereocenters. The Morgan fingerprint density at radius 2 is 1.80 bits per heavy atom. The average molecular weight is 406 g/mol. The number of hydrogen-bond acceptors (Lipinski definition) is 4. The molecule has 2 aliphatic rings. The van der Waals surface area contributed by atoms with Gasteiger partial charge >= 0.3 is 5.69 Å². The fraction of sp³-hybridized carbons (Fsp3) is 0.435. The van der Waals surface area contributed by atoms with Crippen molar-refractivity contribution in [1.29, 1.82) is 0 Å². The number of likely N-dealkylation sites (tertiary alicyclic amines) is 1. The number of fused-ring (bicyclic) bond motifs is 1. The molecule has 0 unspecified atom stereocenters. The number of hydrogen-bond donors (Lipinski definition) is 1. The quantitative estimate of drug-likeness (QED) is 0.709. The molecule has 2 heterocycles. The van der Waals surface area contributed by atoms with Gasteiger partial charge in [-0.1, -0.05) is 36.4 Å². The summed E-state index contributed by atoms with van der Waals surface area (Å²) in [5.41, 5.74) is 0.860. The lowest BCUT2D eigenvalue weighted by Gasteiger charge is -2.31. The van der Waals surface area contributed by atoms with Gasteiger partial charge in [0.05, 0.1) is 6.54 Å². The van der Waals surface area contributed by atoms with Gasteiger partial charge in [-0.3, -0.25) is 14.3 Å². The minimum Gasteiger partial charge on any atom is -0.324 e.